The zero-order chi connectivity index (χ0) is 7.40. The number of aliphatic imine (C=N–C) groups is 2. The SMILES string of the molecule is C#CC1=NC=CC(C)C=N1. The number of amidine groups is 1. The van der Waals surface area contributed by atoms with E-state index in [9.17, 15) is 0 Å². The van der Waals surface area contributed by atoms with Crippen molar-refractivity contribution in [2.45, 2.75) is 6.92 Å². The summed E-state index contributed by atoms with van der Waals surface area (Å²) < 4.78 is 0. The summed E-state index contributed by atoms with van der Waals surface area (Å²) >= 11 is 0. The number of rotatable bonds is 0. The van der Waals surface area contributed by atoms with E-state index < -0.39 is 0 Å². The highest BCUT2D eigenvalue weighted by atomic mass is 14.9. The van der Waals surface area contributed by atoms with Crippen molar-refractivity contribution in [1.29, 1.82) is 0 Å². The maximum absolute atomic E-state index is 5.09. The molecule has 0 amide bonds. The maximum atomic E-state index is 5.09. The molecule has 1 rings (SSSR count). The molecule has 0 fully saturated rings. The molecular weight excluding hydrogens is 124 g/mol. The second-order valence-electron chi connectivity index (χ2n) is 2.08. The summed E-state index contributed by atoms with van der Waals surface area (Å²) in [5.74, 6) is 3.14. The Labute approximate surface area is 60.4 Å². The molecule has 0 radical (unpaired) electrons. The van der Waals surface area contributed by atoms with E-state index in [1.165, 1.54) is 0 Å². The molecule has 1 heterocycles. The van der Waals surface area contributed by atoms with Gasteiger partial charge in [-0.05, 0) is 5.92 Å². The average Bonchev–Trinajstić information content (AvgIpc) is 2.14. The largest absolute Gasteiger partial charge is 0.233 e. The first kappa shape index (κ1) is 6.76. The molecule has 0 spiro atoms. The molecule has 0 saturated carbocycles. The van der Waals surface area contributed by atoms with Gasteiger partial charge in [0.2, 0.25) is 5.84 Å². The van der Waals surface area contributed by atoms with Gasteiger partial charge in [-0.2, -0.15) is 0 Å². The van der Waals surface area contributed by atoms with Crippen molar-refractivity contribution < 1.29 is 0 Å². The molecule has 0 aromatic heterocycles. The predicted molar refractivity (Wildman–Crippen MR) is 43.1 cm³/mol. The van der Waals surface area contributed by atoms with Crippen molar-refractivity contribution in [3.8, 4) is 12.3 Å². The van der Waals surface area contributed by atoms with Gasteiger partial charge in [0, 0.05) is 18.3 Å². The van der Waals surface area contributed by atoms with Crippen LogP contribution >= 0.6 is 0 Å². The van der Waals surface area contributed by atoms with E-state index >= 15 is 0 Å². The van der Waals surface area contributed by atoms with Gasteiger partial charge in [-0.1, -0.05) is 13.0 Å². The van der Waals surface area contributed by atoms with Gasteiger partial charge in [-0.15, -0.1) is 6.42 Å². The van der Waals surface area contributed by atoms with Crippen molar-refractivity contribution >= 4 is 12.1 Å². The molecule has 50 valence electrons. The van der Waals surface area contributed by atoms with Crippen molar-refractivity contribution in [1.82, 2.24) is 0 Å². The molecule has 1 atom stereocenters. The number of nitrogens with zero attached hydrogens (tertiary/aromatic N) is 2. The Kier molecular flexibility index (Phi) is 2.01. The number of hydrogen-bond donors (Lipinski definition) is 0. The molecule has 1 aliphatic heterocycles. The van der Waals surface area contributed by atoms with Crippen LogP contribution < -0.4 is 0 Å². The van der Waals surface area contributed by atoms with Crippen LogP contribution in [-0.2, 0) is 0 Å². The Hall–Kier alpha value is -1.36. The molecule has 2 nitrogen and oxygen atoms in total. The van der Waals surface area contributed by atoms with E-state index in [1.807, 2.05) is 13.0 Å². The third-order valence-electron chi connectivity index (χ3n) is 1.15. The van der Waals surface area contributed by atoms with E-state index in [0.717, 1.165) is 0 Å². The van der Waals surface area contributed by atoms with Gasteiger partial charge in [0.1, 0.15) is 0 Å². The second kappa shape index (κ2) is 2.98. The van der Waals surface area contributed by atoms with Crippen LogP contribution in [0, 0.1) is 18.3 Å². The van der Waals surface area contributed by atoms with E-state index in [4.69, 9.17) is 6.42 Å². The van der Waals surface area contributed by atoms with E-state index in [0.29, 0.717) is 11.8 Å². The van der Waals surface area contributed by atoms with Crippen LogP contribution in [0.3, 0.4) is 0 Å². The summed E-state index contributed by atoms with van der Waals surface area (Å²) in [7, 11) is 0. The Morgan fingerprint density at radius 2 is 2.50 bits per heavy atom. The summed E-state index contributed by atoms with van der Waals surface area (Å²) in [4.78, 5) is 7.84. The summed E-state index contributed by atoms with van der Waals surface area (Å²) in [5.41, 5.74) is 0. The quantitative estimate of drug-likeness (QED) is 0.443. The van der Waals surface area contributed by atoms with Crippen molar-refractivity contribution in [2.75, 3.05) is 0 Å². The maximum Gasteiger partial charge on any atom is 0.204 e. The van der Waals surface area contributed by atoms with Crippen LogP contribution in [0.4, 0.5) is 0 Å². The fourth-order valence-electron chi connectivity index (χ4n) is 0.595. The topological polar surface area (TPSA) is 24.7 Å². The van der Waals surface area contributed by atoms with E-state index in [1.54, 1.807) is 12.4 Å². The predicted octanol–water partition coefficient (Wildman–Crippen LogP) is 1.25. The highest BCUT2D eigenvalue weighted by molar-refractivity contribution is 6.03. The minimum absolute atomic E-state index is 0.328. The smallest absolute Gasteiger partial charge is 0.204 e. The second-order valence-corrected chi connectivity index (χ2v) is 2.08. The number of allylic oxidation sites excluding steroid dienone is 1. The summed E-state index contributed by atoms with van der Waals surface area (Å²) in [6, 6.07) is 0. The van der Waals surface area contributed by atoms with Gasteiger partial charge < -0.3 is 0 Å². The van der Waals surface area contributed by atoms with Gasteiger partial charge in [-0.25, -0.2) is 9.98 Å². The third-order valence-corrected chi connectivity index (χ3v) is 1.15. The lowest BCUT2D eigenvalue weighted by Gasteiger charge is -1.89. The molecule has 1 unspecified atom stereocenters. The summed E-state index contributed by atoms with van der Waals surface area (Å²) in [5, 5.41) is 0. The van der Waals surface area contributed by atoms with Gasteiger partial charge in [-0.3, -0.25) is 0 Å². The molecule has 10 heavy (non-hydrogen) atoms. The number of hydrogen-bond acceptors (Lipinski definition) is 2. The Morgan fingerprint density at radius 1 is 1.70 bits per heavy atom. The first-order chi connectivity index (χ1) is 4.83. The average molecular weight is 132 g/mol. The zero-order valence-electron chi connectivity index (χ0n) is 5.78. The summed E-state index contributed by atoms with van der Waals surface area (Å²) in [6.45, 7) is 2.02. The fourth-order valence-corrected chi connectivity index (χ4v) is 0.595. The lowest BCUT2D eigenvalue weighted by atomic mass is 10.2. The monoisotopic (exact) mass is 132 g/mol. The van der Waals surface area contributed by atoms with E-state index in [2.05, 4.69) is 15.9 Å². The normalized spacial score (nSPS) is 23.2. The van der Waals surface area contributed by atoms with E-state index in [-0.39, 0.29) is 0 Å². The molecule has 0 aromatic carbocycles. The highest BCUT2D eigenvalue weighted by Crippen LogP contribution is 1.98. The molecule has 2 heteroatoms. The minimum atomic E-state index is 0.328. The van der Waals surface area contributed by atoms with Crippen molar-refractivity contribution in [3.05, 3.63) is 12.3 Å². The summed E-state index contributed by atoms with van der Waals surface area (Å²) in [6.07, 6.45) is 10.5. The molecule has 0 aliphatic carbocycles. The lowest BCUT2D eigenvalue weighted by molar-refractivity contribution is 1.03. The Balaban J connectivity index is 2.83. The Morgan fingerprint density at radius 3 is 3.20 bits per heavy atom. The standard InChI is InChI=1S/C8H8N2/c1-3-8-9-5-4-7(2)6-10-8/h1,4-7H,2H3. The van der Waals surface area contributed by atoms with Crippen LogP contribution in [0.2, 0.25) is 0 Å². The van der Waals surface area contributed by atoms with Crippen LogP contribution in [0.25, 0.3) is 0 Å². The molecule has 0 N–H and O–H groups in total. The first-order valence-corrected chi connectivity index (χ1v) is 3.08. The Bertz CT molecular complexity index is 240. The first-order valence-electron chi connectivity index (χ1n) is 3.08. The van der Waals surface area contributed by atoms with Crippen LogP contribution in [0.5, 0.6) is 0 Å². The van der Waals surface area contributed by atoms with Gasteiger partial charge >= 0.3 is 0 Å². The van der Waals surface area contributed by atoms with Gasteiger partial charge in [0.05, 0.1) is 0 Å². The lowest BCUT2D eigenvalue weighted by Crippen LogP contribution is -1.91. The van der Waals surface area contributed by atoms with Crippen molar-refractivity contribution in [2.24, 2.45) is 15.9 Å². The minimum Gasteiger partial charge on any atom is -0.233 e. The molecule has 0 aromatic rings. The van der Waals surface area contributed by atoms with Gasteiger partial charge in [0.15, 0.2) is 0 Å². The third kappa shape index (κ3) is 1.56. The highest BCUT2D eigenvalue weighted by Gasteiger charge is 1.95. The fraction of sp³-hybridized carbons (Fsp3) is 0.250. The number of terminal acetylenes is 1. The van der Waals surface area contributed by atoms with Gasteiger partial charge in [0.25, 0.3) is 0 Å². The van der Waals surface area contributed by atoms with Crippen LogP contribution in [0.15, 0.2) is 22.3 Å². The van der Waals surface area contributed by atoms with Crippen LogP contribution in [0.1, 0.15) is 6.92 Å². The molecular formula is C8H8N2. The van der Waals surface area contributed by atoms with Crippen LogP contribution in [-0.4, -0.2) is 12.1 Å². The van der Waals surface area contributed by atoms with Crippen molar-refractivity contribution in [3.63, 3.8) is 0 Å². The zero-order valence-corrected chi connectivity index (χ0v) is 5.78. The molecule has 1 aliphatic rings. The molecule has 0 bridgehead atoms. The molecule has 0 saturated heterocycles.